The second-order valence-corrected chi connectivity index (χ2v) is 5.73. The summed E-state index contributed by atoms with van der Waals surface area (Å²) in [6.45, 7) is 4.57. The Kier molecular flexibility index (Phi) is 3.38. The van der Waals surface area contributed by atoms with Gasteiger partial charge in [-0.05, 0) is 36.3 Å². The minimum Gasteiger partial charge on any atom is -0.368 e. The fraction of sp³-hybridized carbons (Fsp3) is 0.727. The zero-order valence-corrected chi connectivity index (χ0v) is 11.0. The Morgan fingerprint density at radius 2 is 2.12 bits per heavy atom. The molecule has 6 heteroatoms. The number of nitrogens with zero attached hydrogens (tertiary/aromatic N) is 3. The summed E-state index contributed by atoms with van der Waals surface area (Å²) < 4.78 is 0. The largest absolute Gasteiger partial charge is 0.368 e. The monoisotopic (exact) mass is 255 g/mol. The first-order valence-corrected chi connectivity index (χ1v) is 6.26. The molecule has 1 atom stereocenters. The van der Waals surface area contributed by atoms with Crippen molar-refractivity contribution in [2.75, 3.05) is 11.1 Å². The highest BCUT2D eigenvalue weighted by molar-refractivity contribution is 6.28. The van der Waals surface area contributed by atoms with Crippen LogP contribution in [0.15, 0.2) is 0 Å². The van der Waals surface area contributed by atoms with E-state index in [1.165, 1.54) is 12.8 Å². The van der Waals surface area contributed by atoms with Gasteiger partial charge in [-0.25, -0.2) is 0 Å². The molecule has 1 aromatic rings. The van der Waals surface area contributed by atoms with Crippen LogP contribution in [0.2, 0.25) is 5.28 Å². The Morgan fingerprint density at radius 1 is 1.35 bits per heavy atom. The van der Waals surface area contributed by atoms with Crippen molar-refractivity contribution in [3.8, 4) is 0 Å². The van der Waals surface area contributed by atoms with Crippen LogP contribution in [0.4, 0.5) is 11.9 Å². The van der Waals surface area contributed by atoms with E-state index in [4.69, 9.17) is 17.3 Å². The number of hydrogen-bond acceptors (Lipinski definition) is 5. The maximum absolute atomic E-state index is 5.74. The summed E-state index contributed by atoms with van der Waals surface area (Å²) in [5, 5.41) is 3.43. The van der Waals surface area contributed by atoms with E-state index in [0.717, 1.165) is 12.8 Å². The molecule has 0 aliphatic heterocycles. The zero-order valence-electron chi connectivity index (χ0n) is 10.2. The van der Waals surface area contributed by atoms with Crippen molar-refractivity contribution in [1.82, 2.24) is 15.0 Å². The number of nitrogens with two attached hydrogens (primary N) is 1. The van der Waals surface area contributed by atoms with Gasteiger partial charge in [0.05, 0.1) is 0 Å². The van der Waals surface area contributed by atoms with Gasteiger partial charge in [-0.15, -0.1) is 0 Å². The summed E-state index contributed by atoms with van der Waals surface area (Å²) in [4.78, 5) is 11.8. The van der Waals surface area contributed by atoms with Crippen LogP contribution in [0.3, 0.4) is 0 Å². The van der Waals surface area contributed by atoms with Gasteiger partial charge in [0.2, 0.25) is 17.2 Å². The lowest BCUT2D eigenvalue weighted by atomic mass is 9.75. The van der Waals surface area contributed by atoms with Crippen LogP contribution >= 0.6 is 11.6 Å². The molecule has 0 bridgehead atoms. The Morgan fingerprint density at radius 3 is 2.76 bits per heavy atom. The van der Waals surface area contributed by atoms with Crippen molar-refractivity contribution in [1.29, 1.82) is 0 Å². The third-order valence-corrected chi connectivity index (χ3v) is 3.33. The van der Waals surface area contributed by atoms with Crippen molar-refractivity contribution < 1.29 is 0 Å². The van der Waals surface area contributed by atoms with Crippen LogP contribution in [0, 0.1) is 5.41 Å². The average molecular weight is 256 g/mol. The molecule has 0 spiro atoms. The van der Waals surface area contributed by atoms with Gasteiger partial charge in [-0.1, -0.05) is 20.3 Å². The number of aromatic nitrogens is 3. The predicted molar refractivity (Wildman–Crippen MR) is 68.9 cm³/mol. The van der Waals surface area contributed by atoms with Gasteiger partial charge >= 0.3 is 0 Å². The summed E-state index contributed by atoms with van der Waals surface area (Å²) in [6.07, 6.45) is 4.73. The normalized spacial score (nSPS) is 23.4. The van der Waals surface area contributed by atoms with Gasteiger partial charge in [0, 0.05) is 6.04 Å². The number of nitrogen functional groups attached to an aromatic ring is 1. The number of rotatable bonds is 2. The molecular formula is C11H18ClN5. The van der Waals surface area contributed by atoms with Crippen LogP contribution < -0.4 is 11.1 Å². The van der Waals surface area contributed by atoms with Gasteiger partial charge in [0.25, 0.3) is 0 Å². The first kappa shape index (κ1) is 12.4. The average Bonchev–Trinajstić information content (AvgIpc) is 2.13. The van der Waals surface area contributed by atoms with Gasteiger partial charge in [-0.3, -0.25) is 0 Å². The highest BCUT2D eigenvalue weighted by Crippen LogP contribution is 2.36. The van der Waals surface area contributed by atoms with E-state index in [-0.39, 0.29) is 11.2 Å². The summed E-state index contributed by atoms with van der Waals surface area (Å²) >= 11 is 5.74. The smallest absolute Gasteiger partial charge is 0.229 e. The summed E-state index contributed by atoms with van der Waals surface area (Å²) in [6, 6.07) is 0.386. The molecule has 0 amide bonds. The van der Waals surface area contributed by atoms with E-state index < -0.39 is 0 Å². The molecule has 1 saturated carbocycles. The molecule has 1 unspecified atom stereocenters. The molecule has 1 aromatic heterocycles. The van der Waals surface area contributed by atoms with E-state index in [1.54, 1.807) is 0 Å². The SMILES string of the molecule is CC1(C)CCCC(Nc2nc(N)nc(Cl)n2)C1. The maximum atomic E-state index is 5.74. The summed E-state index contributed by atoms with van der Waals surface area (Å²) in [5.74, 6) is 0.632. The zero-order chi connectivity index (χ0) is 12.5. The van der Waals surface area contributed by atoms with Crippen molar-refractivity contribution in [2.45, 2.75) is 45.6 Å². The van der Waals surface area contributed by atoms with Gasteiger partial charge in [0.1, 0.15) is 0 Å². The number of nitrogens with one attached hydrogen (secondary N) is 1. The highest BCUT2D eigenvalue weighted by atomic mass is 35.5. The van der Waals surface area contributed by atoms with Gasteiger partial charge in [-0.2, -0.15) is 15.0 Å². The summed E-state index contributed by atoms with van der Waals surface area (Å²) in [5.41, 5.74) is 5.90. The second kappa shape index (κ2) is 4.64. The fourth-order valence-electron chi connectivity index (χ4n) is 2.43. The number of hydrogen-bond donors (Lipinski definition) is 2. The second-order valence-electron chi connectivity index (χ2n) is 5.39. The van der Waals surface area contributed by atoms with Crippen LogP contribution in [0.5, 0.6) is 0 Å². The number of anilines is 2. The fourth-order valence-corrected chi connectivity index (χ4v) is 2.60. The molecular weight excluding hydrogens is 238 g/mol. The van der Waals surface area contributed by atoms with E-state index in [9.17, 15) is 0 Å². The maximum Gasteiger partial charge on any atom is 0.229 e. The van der Waals surface area contributed by atoms with Gasteiger partial charge < -0.3 is 11.1 Å². The highest BCUT2D eigenvalue weighted by Gasteiger charge is 2.28. The molecule has 5 nitrogen and oxygen atoms in total. The third kappa shape index (κ3) is 3.43. The standard InChI is InChI=1S/C11H18ClN5/c1-11(2)5-3-4-7(6-11)14-10-16-8(12)15-9(13)17-10/h7H,3-6H2,1-2H3,(H3,13,14,15,16,17). The van der Waals surface area contributed by atoms with E-state index >= 15 is 0 Å². The minimum atomic E-state index is 0.134. The Balaban J connectivity index is 2.05. The molecule has 17 heavy (non-hydrogen) atoms. The molecule has 1 aliphatic carbocycles. The van der Waals surface area contributed by atoms with Crippen molar-refractivity contribution >= 4 is 23.5 Å². The Hall–Kier alpha value is -1.10. The first-order valence-electron chi connectivity index (χ1n) is 5.88. The molecule has 94 valence electrons. The van der Waals surface area contributed by atoms with E-state index in [2.05, 4.69) is 34.1 Å². The van der Waals surface area contributed by atoms with Crippen molar-refractivity contribution in [3.63, 3.8) is 0 Å². The van der Waals surface area contributed by atoms with Crippen molar-refractivity contribution in [3.05, 3.63) is 5.28 Å². The quantitative estimate of drug-likeness (QED) is 0.849. The van der Waals surface area contributed by atoms with Crippen LogP contribution in [-0.4, -0.2) is 21.0 Å². The molecule has 1 aliphatic rings. The van der Waals surface area contributed by atoms with E-state index in [0.29, 0.717) is 17.4 Å². The lowest BCUT2D eigenvalue weighted by Gasteiger charge is -2.35. The third-order valence-electron chi connectivity index (χ3n) is 3.16. The van der Waals surface area contributed by atoms with E-state index in [1.807, 2.05) is 0 Å². The molecule has 2 rings (SSSR count). The molecule has 0 aromatic carbocycles. The molecule has 3 N–H and O–H groups in total. The minimum absolute atomic E-state index is 0.134. The molecule has 0 saturated heterocycles. The summed E-state index contributed by atoms with van der Waals surface area (Å²) in [7, 11) is 0. The molecule has 1 fully saturated rings. The topological polar surface area (TPSA) is 76.7 Å². The Labute approximate surface area is 106 Å². The lowest BCUT2D eigenvalue weighted by Crippen LogP contribution is -2.32. The van der Waals surface area contributed by atoms with Crippen molar-refractivity contribution in [2.24, 2.45) is 5.41 Å². The van der Waals surface area contributed by atoms with Crippen LogP contribution in [0.1, 0.15) is 39.5 Å². The Bertz CT molecular complexity index is 387. The van der Waals surface area contributed by atoms with Crippen LogP contribution in [0.25, 0.3) is 0 Å². The van der Waals surface area contributed by atoms with Gasteiger partial charge in [0.15, 0.2) is 0 Å². The number of halogens is 1. The molecule has 1 heterocycles. The first-order chi connectivity index (χ1) is 7.94. The lowest BCUT2D eigenvalue weighted by molar-refractivity contribution is 0.229. The molecule has 0 radical (unpaired) electrons. The predicted octanol–water partition coefficient (Wildman–Crippen LogP) is 2.49. The van der Waals surface area contributed by atoms with Crippen LogP contribution in [-0.2, 0) is 0 Å².